The maximum absolute atomic E-state index is 12.1. The molecule has 16 heavy (non-hydrogen) atoms. The van der Waals surface area contributed by atoms with Crippen LogP contribution < -0.4 is 10.7 Å². The van der Waals surface area contributed by atoms with Gasteiger partial charge < -0.3 is 5.32 Å². The van der Waals surface area contributed by atoms with Gasteiger partial charge in [-0.25, -0.2) is 0 Å². The van der Waals surface area contributed by atoms with E-state index in [1.54, 1.807) is 11.3 Å². The predicted octanol–water partition coefficient (Wildman–Crippen LogP) is 3.33. The van der Waals surface area contributed by atoms with Gasteiger partial charge in [0.25, 0.3) is 0 Å². The summed E-state index contributed by atoms with van der Waals surface area (Å²) in [7, 11) is 0. The molecule has 84 valence electrons. The van der Waals surface area contributed by atoms with Gasteiger partial charge in [-0.05, 0) is 18.1 Å². The summed E-state index contributed by atoms with van der Waals surface area (Å²) in [4.78, 5) is 12.1. The van der Waals surface area contributed by atoms with Crippen LogP contribution in [0.1, 0.15) is 13.8 Å². The van der Waals surface area contributed by atoms with Crippen LogP contribution in [0.3, 0.4) is 0 Å². The molecule has 0 unspecified atom stereocenters. The average Bonchev–Trinajstić information content (AvgIpc) is 2.28. The molecule has 1 aromatic heterocycles. The summed E-state index contributed by atoms with van der Waals surface area (Å²) in [5, 5.41) is 5.92. The second-order valence-corrected chi connectivity index (χ2v) is 5.16. The third-order valence-electron chi connectivity index (χ3n) is 2.38. The monoisotopic (exact) mass is 233 g/mol. The van der Waals surface area contributed by atoms with Crippen LogP contribution in [-0.2, 0) is 0 Å². The molecular weight excluding hydrogens is 218 g/mol. The number of nitrogens with one attached hydrogen (secondary N) is 1. The van der Waals surface area contributed by atoms with Crippen molar-refractivity contribution in [3.63, 3.8) is 0 Å². The average molecular weight is 233 g/mol. The van der Waals surface area contributed by atoms with E-state index in [9.17, 15) is 4.79 Å². The minimum Gasteiger partial charge on any atom is -0.381 e. The van der Waals surface area contributed by atoms with Crippen molar-refractivity contribution in [3.8, 4) is 0 Å². The summed E-state index contributed by atoms with van der Waals surface area (Å²) in [6.07, 6.45) is 0. The van der Waals surface area contributed by atoms with Gasteiger partial charge in [0.15, 0.2) is 0 Å². The lowest BCUT2D eigenvalue weighted by Crippen LogP contribution is -2.14. The normalized spacial score (nSPS) is 10.9. The maximum Gasteiger partial charge on any atom is 0.211 e. The molecule has 1 aromatic carbocycles. The Morgan fingerprint density at radius 1 is 1.31 bits per heavy atom. The van der Waals surface area contributed by atoms with Crippen molar-refractivity contribution in [1.82, 2.24) is 0 Å². The van der Waals surface area contributed by atoms with E-state index < -0.39 is 0 Å². The Bertz CT molecular complexity index is 545. The predicted molar refractivity (Wildman–Crippen MR) is 71.4 cm³/mol. The number of benzene rings is 1. The van der Waals surface area contributed by atoms with Crippen molar-refractivity contribution in [2.45, 2.75) is 13.8 Å². The molecule has 1 heterocycles. The molecule has 2 nitrogen and oxygen atoms in total. The molecule has 0 aliphatic heterocycles. The van der Waals surface area contributed by atoms with Crippen LogP contribution in [0.5, 0.6) is 0 Å². The summed E-state index contributed by atoms with van der Waals surface area (Å²) in [6.45, 7) is 5.09. The van der Waals surface area contributed by atoms with Crippen LogP contribution in [0.25, 0.3) is 10.1 Å². The van der Waals surface area contributed by atoms with Crippen molar-refractivity contribution >= 4 is 27.1 Å². The highest BCUT2D eigenvalue weighted by molar-refractivity contribution is 7.16. The van der Waals surface area contributed by atoms with Crippen molar-refractivity contribution in [2.24, 2.45) is 5.92 Å². The fraction of sp³-hybridized carbons (Fsp3) is 0.308. The molecule has 0 atom stereocenters. The fourth-order valence-electron chi connectivity index (χ4n) is 1.51. The Labute approximate surface area is 98.9 Å². The summed E-state index contributed by atoms with van der Waals surface area (Å²) < 4.78 is 1.04. The van der Waals surface area contributed by atoms with Gasteiger partial charge in [0.1, 0.15) is 0 Å². The number of hydrogen-bond acceptors (Lipinski definition) is 3. The van der Waals surface area contributed by atoms with Crippen LogP contribution in [0.15, 0.2) is 34.4 Å². The molecule has 0 aliphatic rings. The number of rotatable bonds is 3. The highest BCUT2D eigenvalue weighted by atomic mass is 32.1. The first kappa shape index (κ1) is 11.1. The van der Waals surface area contributed by atoms with Crippen molar-refractivity contribution in [2.75, 3.05) is 11.9 Å². The van der Waals surface area contributed by atoms with Crippen molar-refractivity contribution in [3.05, 3.63) is 39.9 Å². The molecule has 0 saturated heterocycles. The SMILES string of the molecule is CC(C)CNc1csc2ccccc2c1=O. The smallest absolute Gasteiger partial charge is 0.211 e. The molecule has 0 amide bonds. The first-order valence-corrected chi connectivity index (χ1v) is 6.31. The Balaban J connectivity index is 2.41. The summed E-state index contributed by atoms with van der Waals surface area (Å²) in [6, 6.07) is 7.73. The Morgan fingerprint density at radius 2 is 2.06 bits per heavy atom. The molecule has 0 fully saturated rings. The standard InChI is InChI=1S/C13H15NOS/c1-9(2)7-14-11-8-16-12-6-4-3-5-10(12)13(11)15/h3-6,8-9,14H,7H2,1-2H3. The molecule has 0 radical (unpaired) electrons. The Morgan fingerprint density at radius 3 is 2.81 bits per heavy atom. The van der Waals surface area contributed by atoms with E-state index in [-0.39, 0.29) is 5.43 Å². The van der Waals surface area contributed by atoms with E-state index in [1.165, 1.54) is 0 Å². The fourth-order valence-corrected chi connectivity index (χ4v) is 2.39. The van der Waals surface area contributed by atoms with Gasteiger partial charge in [-0.15, -0.1) is 11.3 Å². The van der Waals surface area contributed by atoms with Gasteiger partial charge in [-0.1, -0.05) is 26.0 Å². The molecular formula is C13H15NOS. The van der Waals surface area contributed by atoms with Gasteiger partial charge in [-0.3, -0.25) is 4.79 Å². The topological polar surface area (TPSA) is 29.1 Å². The van der Waals surface area contributed by atoms with Crippen LogP contribution in [0, 0.1) is 5.92 Å². The quantitative estimate of drug-likeness (QED) is 0.881. The first-order chi connectivity index (χ1) is 7.68. The van der Waals surface area contributed by atoms with E-state index in [0.29, 0.717) is 5.92 Å². The largest absolute Gasteiger partial charge is 0.381 e. The highest BCUT2D eigenvalue weighted by Gasteiger charge is 2.04. The third kappa shape index (κ3) is 2.25. The maximum atomic E-state index is 12.1. The van der Waals surface area contributed by atoms with E-state index in [1.807, 2.05) is 29.6 Å². The van der Waals surface area contributed by atoms with Crippen LogP contribution in [-0.4, -0.2) is 6.54 Å². The number of anilines is 1. The molecule has 0 spiro atoms. The third-order valence-corrected chi connectivity index (χ3v) is 3.34. The Hall–Kier alpha value is -1.35. The zero-order valence-corrected chi connectivity index (χ0v) is 10.3. The van der Waals surface area contributed by atoms with Gasteiger partial charge in [0.05, 0.1) is 5.69 Å². The summed E-state index contributed by atoms with van der Waals surface area (Å²) in [5.41, 5.74) is 0.826. The van der Waals surface area contributed by atoms with Crippen molar-refractivity contribution in [1.29, 1.82) is 0 Å². The highest BCUT2D eigenvalue weighted by Crippen LogP contribution is 2.18. The molecule has 0 bridgehead atoms. The van der Waals surface area contributed by atoms with E-state index in [4.69, 9.17) is 0 Å². The first-order valence-electron chi connectivity index (χ1n) is 5.43. The van der Waals surface area contributed by atoms with E-state index in [2.05, 4.69) is 19.2 Å². The molecule has 2 rings (SSSR count). The van der Waals surface area contributed by atoms with E-state index in [0.717, 1.165) is 22.3 Å². The number of hydrogen-bond donors (Lipinski definition) is 1. The zero-order chi connectivity index (χ0) is 11.5. The van der Waals surface area contributed by atoms with Gasteiger partial charge in [-0.2, -0.15) is 0 Å². The second kappa shape index (κ2) is 4.66. The van der Waals surface area contributed by atoms with Crippen LogP contribution in [0.4, 0.5) is 5.69 Å². The minimum atomic E-state index is 0.106. The van der Waals surface area contributed by atoms with Crippen molar-refractivity contribution < 1.29 is 0 Å². The lowest BCUT2D eigenvalue weighted by Gasteiger charge is -2.08. The molecule has 3 heteroatoms. The summed E-state index contributed by atoms with van der Waals surface area (Å²) >= 11 is 1.61. The van der Waals surface area contributed by atoms with E-state index >= 15 is 0 Å². The minimum absolute atomic E-state index is 0.106. The second-order valence-electron chi connectivity index (χ2n) is 4.25. The molecule has 1 N–H and O–H groups in total. The zero-order valence-electron chi connectivity index (χ0n) is 9.49. The molecule has 2 aromatic rings. The molecule has 0 aliphatic carbocycles. The molecule has 0 saturated carbocycles. The van der Waals surface area contributed by atoms with Crippen LogP contribution >= 0.6 is 11.3 Å². The summed E-state index contributed by atoms with van der Waals surface area (Å²) in [5.74, 6) is 0.538. The number of fused-ring (bicyclic) bond motifs is 1. The van der Waals surface area contributed by atoms with Gasteiger partial charge in [0, 0.05) is 22.0 Å². The van der Waals surface area contributed by atoms with Crippen LogP contribution in [0.2, 0.25) is 0 Å². The van der Waals surface area contributed by atoms with Gasteiger partial charge in [0.2, 0.25) is 5.43 Å². The Kier molecular flexibility index (Phi) is 3.25. The lowest BCUT2D eigenvalue weighted by atomic mass is 10.2. The lowest BCUT2D eigenvalue weighted by molar-refractivity contribution is 0.689. The van der Waals surface area contributed by atoms with Gasteiger partial charge >= 0.3 is 0 Å².